The Balaban J connectivity index is 2.25. The second-order valence-electron chi connectivity index (χ2n) is 5.22. The summed E-state index contributed by atoms with van der Waals surface area (Å²) in [5, 5.41) is 3.45. The van der Waals surface area contributed by atoms with Crippen molar-refractivity contribution in [3.8, 4) is 0 Å². The maximum absolute atomic E-state index is 12.0. The number of hydrogen-bond acceptors (Lipinski definition) is 2. The van der Waals surface area contributed by atoms with Crippen molar-refractivity contribution in [3.63, 3.8) is 0 Å². The van der Waals surface area contributed by atoms with Gasteiger partial charge in [-0.15, -0.1) is 0 Å². The Hall–Kier alpha value is -1.87. The molecule has 0 aliphatic carbocycles. The van der Waals surface area contributed by atoms with E-state index in [1.165, 1.54) is 11.1 Å². The lowest BCUT2D eigenvalue weighted by atomic mass is 10.0. The van der Waals surface area contributed by atoms with Crippen LogP contribution >= 0.6 is 0 Å². The number of pyridine rings is 1. The van der Waals surface area contributed by atoms with Crippen LogP contribution in [-0.2, 0) is 6.54 Å². The summed E-state index contributed by atoms with van der Waals surface area (Å²) in [5.41, 5.74) is 3.52. The Morgan fingerprint density at radius 2 is 1.80 bits per heavy atom. The standard InChI is InChI=1S/C17H22N2O/c1-4-18-16(15-7-5-13(2)6-8-15)12-19-10-9-14(3)11-17(19)20/h5-11,16,18H,4,12H2,1-3H3. The lowest BCUT2D eigenvalue weighted by Gasteiger charge is -2.20. The molecular weight excluding hydrogens is 248 g/mol. The fourth-order valence-electron chi connectivity index (χ4n) is 2.29. The Morgan fingerprint density at radius 3 is 2.40 bits per heavy atom. The number of nitrogens with zero attached hydrogens (tertiary/aromatic N) is 1. The molecule has 0 bridgehead atoms. The van der Waals surface area contributed by atoms with Gasteiger partial charge in [0.2, 0.25) is 0 Å². The van der Waals surface area contributed by atoms with Crippen LogP contribution in [0.4, 0.5) is 0 Å². The Morgan fingerprint density at radius 1 is 1.10 bits per heavy atom. The van der Waals surface area contributed by atoms with Crippen LogP contribution in [0, 0.1) is 13.8 Å². The minimum atomic E-state index is 0.0556. The lowest BCUT2D eigenvalue weighted by molar-refractivity contribution is 0.467. The highest BCUT2D eigenvalue weighted by molar-refractivity contribution is 5.24. The molecule has 3 nitrogen and oxygen atoms in total. The largest absolute Gasteiger partial charge is 0.314 e. The molecule has 0 radical (unpaired) electrons. The van der Waals surface area contributed by atoms with Crippen molar-refractivity contribution < 1.29 is 0 Å². The molecule has 2 aromatic rings. The van der Waals surface area contributed by atoms with Crippen molar-refractivity contribution in [2.75, 3.05) is 6.54 Å². The maximum atomic E-state index is 12.0. The predicted molar refractivity (Wildman–Crippen MR) is 83.0 cm³/mol. The summed E-state index contributed by atoms with van der Waals surface area (Å²) in [6, 6.07) is 12.3. The first-order valence-electron chi connectivity index (χ1n) is 7.07. The van der Waals surface area contributed by atoms with Gasteiger partial charge < -0.3 is 9.88 Å². The SMILES string of the molecule is CCNC(Cn1ccc(C)cc1=O)c1ccc(C)cc1. The van der Waals surface area contributed by atoms with E-state index in [0.29, 0.717) is 6.54 Å². The predicted octanol–water partition coefficient (Wildman–Crippen LogP) is 2.82. The minimum Gasteiger partial charge on any atom is -0.314 e. The fourth-order valence-corrected chi connectivity index (χ4v) is 2.29. The van der Waals surface area contributed by atoms with E-state index in [1.54, 1.807) is 10.6 Å². The maximum Gasteiger partial charge on any atom is 0.250 e. The van der Waals surface area contributed by atoms with E-state index in [1.807, 2.05) is 19.2 Å². The molecule has 0 saturated heterocycles. The van der Waals surface area contributed by atoms with Crippen LogP contribution in [0.3, 0.4) is 0 Å². The molecular formula is C17H22N2O. The molecule has 106 valence electrons. The lowest BCUT2D eigenvalue weighted by Crippen LogP contribution is -2.30. The van der Waals surface area contributed by atoms with Gasteiger partial charge in [0.25, 0.3) is 5.56 Å². The van der Waals surface area contributed by atoms with Gasteiger partial charge in [0.05, 0.1) is 6.04 Å². The average molecular weight is 270 g/mol. The zero-order valence-electron chi connectivity index (χ0n) is 12.4. The number of aryl methyl sites for hydroxylation is 2. The van der Waals surface area contributed by atoms with Crippen molar-refractivity contribution in [3.05, 3.63) is 69.6 Å². The first-order valence-corrected chi connectivity index (χ1v) is 7.07. The third kappa shape index (κ3) is 3.58. The molecule has 0 saturated carbocycles. The fraction of sp³-hybridized carbons (Fsp3) is 0.353. The molecule has 1 atom stereocenters. The van der Waals surface area contributed by atoms with Crippen molar-refractivity contribution in [1.82, 2.24) is 9.88 Å². The number of nitrogens with one attached hydrogen (secondary N) is 1. The Bertz CT molecular complexity index is 614. The first-order chi connectivity index (χ1) is 9.60. The molecule has 0 aliphatic heterocycles. The third-order valence-electron chi connectivity index (χ3n) is 3.46. The molecule has 1 unspecified atom stereocenters. The molecule has 1 aromatic carbocycles. The zero-order valence-corrected chi connectivity index (χ0v) is 12.4. The molecule has 1 heterocycles. The zero-order chi connectivity index (χ0) is 14.5. The van der Waals surface area contributed by atoms with E-state index >= 15 is 0 Å². The van der Waals surface area contributed by atoms with Gasteiger partial charge in [0.1, 0.15) is 0 Å². The number of benzene rings is 1. The van der Waals surface area contributed by atoms with Crippen LogP contribution in [0.1, 0.15) is 29.7 Å². The van der Waals surface area contributed by atoms with Gasteiger partial charge in [-0.05, 0) is 37.6 Å². The van der Waals surface area contributed by atoms with Crippen LogP contribution in [0.5, 0.6) is 0 Å². The van der Waals surface area contributed by atoms with E-state index in [4.69, 9.17) is 0 Å². The number of hydrogen-bond donors (Lipinski definition) is 1. The highest BCUT2D eigenvalue weighted by Gasteiger charge is 2.11. The third-order valence-corrected chi connectivity index (χ3v) is 3.46. The molecule has 1 aromatic heterocycles. The van der Waals surface area contributed by atoms with Gasteiger partial charge in [-0.25, -0.2) is 0 Å². The highest BCUT2D eigenvalue weighted by atomic mass is 16.1. The van der Waals surface area contributed by atoms with Crippen LogP contribution < -0.4 is 10.9 Å². The topological polar surface area (TPSA) is 34.0 Å². The summed E-state index contributed by atoms with van der Waals surface area (Å²) in [5.74, 6) is 0. The number of aromatic nitrogens is 1. The van der Waals surface area contributed by atoms with E-state index in [-0.39, 0.29) is 11.6 Å². The molecule has 2 rings (SSSR count). The van der Waals surface area contributed by atoms with E-state index < -0.39 is 0 Å². The van der Waals surface area contributed by atoms with E-state index in [0.717, 1.165) is 12.1 Å². The van der Waals surface area contributed by atoms with Crippen molar-refractivity contribution >= 4 is 0 Å². The summed E-state index contributed by atoms with van der Waals surface area (Å²) in [6.45, 7) is 7.62. The minimum absolute atomic E-state index is 0.0556. The van der Waals surface area contributed by atoms with E-state index in [2.05, 4.69) is 43.4 Å². The molecule has 0 spiro atoms. The van der Waals surface area contributed by atoms with Crippen LogP contribution in [0.25, 0.3) is 0 Å². The number of rotatable bonds is 5. The molecule has 0 aliphatic rings. The highest BCUT2D eigenvalue weighted by Crippen LogP contribution is 2.15. The first kappa shape index (κ1) is 14.5. The van der Waals surface area contributed by atoms with Gasteiger partial charge >= 0.3 is 0 Å². The summed E-state index contributed by atoms with van der Waals surface area (Å²) < 4.78 is 1.76. The monoisotopic (exact) mass is 270 g/mol. The summed E-state index contributed by atoms with van der Waals surface area (Å²) >= 11 is 0. The second-order valence-corrected chi connectivity index (χ2v) is 5.22. The van der Waals surface area contributed by atoms with Gasteiger partial charge in [-0.1, -0.05) is 36.8 Å². The van der Waals surface area contributed by atoms with Gasteiger partial charge in [-0.2, -0.15) is 0 Å². The van der Waals surface area contributed by atoms with Crippen LogP contribution in [-0.4, -0.2) is 11.1 Å². The van der Waals surface area contributed by atoms with Crippen LogP contribution in [0.15, 0.2) is 47.4 Å². The average Bonchev–Trinajstić information content (AvgIpc) is 2.42. The normalized spacial score (nSPS) is 12.3. The number of likely N-dealkylation sites (N-methyl/N-ethyl adjacent to an activating group) is 1. The molecule has 1 N–H and O–H groups in total. The summed E-state index contributed by atoms with van der Waals surface area (Å²) in [6.07, 6.45) is 1.87. The van der Waals surface area contributed by atoms with Crippen LogP contribution in [0.2, 0.25) is 0 Å². The van der Waals surface area contributed by atoms with Crippen molar-refractivity contribution in [2.45, 2.75) is 33.4 Å². The molecule has 0 fully saturated rings. The van der Waals surface area contributed by atoms with E-state index in [9.17, 15) is 4.79 Å². The Kier molecular flexibility index (Phi) is 4.74. The smallest absolute Gasteiger partial charge is 0.250 e. The van der Waals surface area contributed by atoms with Gasteiger partial charge in [-0.3, -0.25) is 4.79 Å². The summed E-state index contributed by atoms with van der Waals surface area (Å²) in [7, 11) is 0. The summed E-state index contributed by atoms with van der Waals surface area (Å²) in [4.78, 5) is 12.0. The molecule has 0 amide bonds. The molecule has 3 heteroatoms. The second kappa shape index (κ2) is 6.53. The quantitative estimate of drug-likeness (QED) is 0.906. The van der Waals surface area contributed by atoms with Gasteiger partial charge in [0, 0.05) is 18.8 Å². The van der Waals surface area contributed by atoms with Gasteiger partial charge in [0.15, 0.2) is 0 Å². The Labute approximate surface area is 120 Å². The van der Waals surface area contributed by atoms with Crippen molar-refractivity contribution in [1.29, 1.82) is 0 Å². The van der Waals surface area contributed by atoms with Crippen molar-refractivity contribution in [2.24, 2.45) is 0 Å². The molecule has 20 heavy (non-hydrogen) atoms.